The molecule has 0 bridgehead atoms. The van der Waals surface area contributed by atoms with Crippen LogP contribution in [0, 0.1) is 19.8 Å². The molecule has 0 radical (unpaired) electrons. The van der Waals surface area contributed by atoms with Crippen molar-refractivity contribution < 1.29 is 5.11 Å². The molecule has 4 nitrogen and oxygen atoms in total. The van der Waals surface area contributed by atoms with E-state index >= 15 is 0 Å². The molecule has 10 aromatic rings. The molecule has 4 heteroatoms. The predicted molar refractivity (Wildman–Crippen MR) is 267 cm³/mol. The van der Waals surface area contributed by atoms with E-state index in [0.29, 0.717) is 17.3 Å². The van der Waals surface area contributed by atoms with E-state index in [1.165, 1.54) is 27.8 Å². The first-order valence-corrected chi connectivity index (χ1v) is 22.1. The molecular formula is C60H49N3O. The molecule has 310 valence electrons. The largest absolute Gasteiger partial charge is 0.507 e. The van der Waals surface area contributed by atoms with Gasteiger partial charge >= 0.3 is 0 Å². The Balaban J connectivity index is 1.16. The maximum Gasteiger partial charge on any atom is 0.149 e. The quantitative estimate of drug-likeness (QED) is 0.149. The van der Waals surface area contributed by atoms with Gasteiger partial charge in [-0.2, -0.15) is 0 Å². The van der Waals surface area contributed by atoms with Crippen LogP contribution in [0.25, 0.3) is 95.0 Å². The van der Waals surface area contributed by atoms with Crippen LogP contribution in [0.4, 0.5) is 0 Å². The Kier molecular flexibility index (Phi) is 10.8. The summed E-state index contributed by atoms with van der Waals surface area (Å²) in [5.74, 6) is 1.39. The number of phenolic OH excluding ortho intramolecular Hbond substituents is 1. The molecule has 0 atom stereocenters. The zero-order valence-electron chi connectivity index (χ0n) is 36.6. The lowest BCUT2D eigenvalue weighted by atomic mass is 9.93. The topological polar surface area (TPSA) is 50.9 Å². The average Bonchev–Trinajstić information content (AvgIpc) is 3.73. The molecule has 8 aromatic carbocycles. The summed E-state index contributed by atoms with van der Waals surface area (Å²) in [5, 5.41) is 11.8. The van der Waals surface area contributed by atoms with Gasteiger partial charge in [0.25, 0.3) is 0 Å². The molecule has 0 saturated heterocycles. The minimum Gasteiger partial charge on any atom is -0.507 e. The fraction of sp³-hybridized carbons (Fsp3) is 0.100. The minimum atomic E-state index is 0.237. The van der Waals surface area contributed by atoms with Crippen LogP contribution >= 0.6 is 0 Å². The number of aromatic hydroxyl groups is 1. The van der Waals surface area contributed by atoms with Crippen LogP contribution in [-0.2, 0) is 6.42 Å². The van der Waals surface area contributed by atoms with Gasteiger partial charge in [-0.15, -0.1) is 0 Å². The van der Waals surface area contributed by atoms with E-state index in [1.807, 2.05) is 25.3 Å². The lowest BCUT2D eigenvalue weighted by Crippen LogP contribution is -2.03. The van der Waals surface area contributed by atoms with E-state index in [-0.39, 0.29) is 5.75 Å². The Morgan fingerprint density at radius 3 is 1.78 bits per heavy atom. The Labute approximate surface area is 375 Å². The monoisotopic (exact) mass is 827 g/mol. The van der Waals surface area contributed by atoms with Gasteiger partial charge < -0.3 is 5.11 Å². The third kappa shape index (κ3) is 7.91. The van der Waals surface area contributed by atoms with Crippen molar-refractivity contribution in [3.63, 3.8) is 0 Å². The lowest BCUT2D eigenvalue weighted by Gasteiger charge is -2.17. The van der Waals surface area contributed by atoms with Crippen LogP contribution in [0.3, 0.4) is 0 Å². The standard InChI is InChI=1S/C60H49N3O/c1-39(2)31-49-37-52(27-28-53(49)46-19-12-7-13-20-46)63-57-22-14-21-54(58(57)62-60(63)55-33-40(3)32-41(4)59(55)64)50-34-48(43-17-10-6-11-18-43)35-51(36-50)56-38-47(29-30-61-56)45-25-23-44(24-26-45)42-15-8-5-9-16-42/h5-30,32-39,64H,31H2,1-4H3. The van der Waals surface area contributed by atoms with Crippen LogP contribution < -0.4 is 0 Å². The molecule has 10 rings (SSSR count). The molecule has 0 amide bonds. The first-order valence-electron chi connectivity index (χ1n) is 22.1. The van der Waals surface area contributed by atoms with Crippen molar-refractivity contribution in [3.05, 3.63) is 217 Å². The Hall–Kier alpha value is -7.82. The van der Waals surface area contributed by atoms with Crippen LogP contribution in [0.5, 0.6) is 5.75 Å². The van der Waals surface area contributed by atoms with Gasteiger partial charge in [-0.3, -0.25) is 9.55 Å². The molecule has 0 unspecified atom stereocenters. The van der Waals surface area contributed by atoms with Gasteiger partial charge in [0.1, 0.15) is 11.6 Å². The predicted octanol–water partition coefficient (Wildman–Crippen LogP) is 15.6. The maximum absolute atomic E-state index is 11.8. The Morgan fingerprint density at radius 2 is 1.09 bits per heavy atom. The first-order chi connectivity index (χ1) is 31.3. The molecule has 0 fully saturated rings. The summed E-state index contributed by atoms with van der Waals surface area (Å²) in [6.45, 7) is 8.57. The molecular weight excluding hydrogens is 779 g/mol. The van der Waals surface area contributed by atoms with E-state index in [0.717, 1.165) is 78.9 Å². The molecule has 0 saturated carbocycles. The van der Waals surface area contributed by atoms with Crippen LogP contribution in [-0.4, -0.2) is 19.6 Å². The maximum atomic E-state index is 11.8. The zero-order chi connectivity index (χ0) is 43.7. The molecule has 0 aliphatic rings. The van der Waals surface area contributed by atoms with E-state index in [9.17, 15) is 5.11 Å². The van der Waals surface area contributed by atoms with E-state index in [2.05, 4.69) is 207 Å². The van der Waals surface area contributed by atoms with Gasteiger partial charge in [0.05, 0.1) is 22.3 Å². The third-order valence-corrected chi connectivity index (χ3v) is 12.2. The summed E-state index contributed by atoms with van der Waals surface area (Å²) in [6, 6.07) is 68.7. The number of phenols is 1. The number of hydrogen-bond acceptors (Lipinski definition) is 3. The number of pyridine rings is 1. The van der Waals surface area contributed by atoms with Gasteiger partial charge in [0.15, 0.2) is 0 Å². The highest BCUT2D eigenvalue weighted by Crippen LogP contribution is 2.42. The number of para-hydroxylation sites is 1. The number of aryl methyl sites for hydroxylation is 2. The molecule has 0 aliphatic heterocycles. The number of aromatic nitrogens is 3. The van der Waals surface area contributed by atoms with Crippen LogP contribution in [0.1, 0.15) is 30.5 Å². The highest BCUT2D eigenvalue weighted by atomic mass is 16.3. The molecule has 0 aliphatic carbocycles. The smallest absolute Gasteiger partial charge is 0.149 e. The Morgan fingerprint density at radius 1 is 0.484 bits per heavy atom. The van der Waals surface area contributed by atoms with Gasteiger partial charge in [-0.1, -0.05) is 153 Å². The summed E-state index contributed by atoms with van der Waals surface area (Å²) >= 11 is 0. The first kappa shape index (κ1) is 40.3. The highest BCUT2D eigenvalue weighted by Gasteiger charge is 2.23. The van der Waals surface area contributed by atoms with Crippen LogP contribution in [0.15, 0.2) is 200 Å². The van der Waals surface area contributed by atoms with Crippen LogP contribution in [0.2, 0.25) is 0 Å². The van der Waals surface area contributed by atoms with E-state index < -0.39 is 0 Å². The molecule has 1 N–H and O–H groups in total. The highest BCUT2D eigenvalue weighted by molar-refractivity contribution is 5.98. The SMILES string of the molecule is Cc1cc(C)c(O)c(-c2nc3c(-c4cc(-c5ccccc5)cc(-c5cc(-c6ccc(-c7ccccc7)cc6)ccn5)c4)cccc3n2-c2ccc(-c3ccccc3)c(CC(C)C)c2)c1. The molecule has 0 spiro atoms. The molecule has 2 heterocycles. The van der Waals surface area contributed by atoms with Gasteiger partial charge in [0.2, 0.25) is 0 Å². The second-order valence-corrected chi connectivity index (χ2v) is 17.3. The normalized spacial score (nSPS) is 11.4. The fourth-order valence-corrected chi connectivity index (χ4v) is 9.11. The number of imidazole rings is 1. The second kappa shape index (κ2) is 17.2. The second-order valence-electron chi connectivity index (χ2n) is 17.3. The summed E-state index contributed by atoms with van der Waals surface area (Å²) < 4.78 is 2.24. The summed E-state index contributed by atoms with van der Waals surface area (Å²) in [7, 11) is 0. The number of hydrogen-bond donors (Lipinski definition) is 1. The van der Waals surface area contributed by atoms with Crippen molar-refractivity contribution in [2.24, 2.45) is 5.92 Å². The minimum absolute atomic E-state index is 0.237. The zero-order valence-corrected chi connectivity index (χ0v) is 36.6. The van der Waals surface area contributed by atoms with Crippen molar-refractivity contribution >= 4 is 11.0 Å². The van der Waals surface area contributed by atoms with Gasteiger partial charge in [-0.25, -0.2) is 4.98 Å². The number of rotatable bonds is 10. The number of benzene rings is 8. The van der Waals surface area contributed by atoms with Crippen molar-refractivity contribution in [3.8, 4) is 89.7 Å². The van der Waals surface area contributed by atoms with Crippen molar-refractivity contribution in [1.29, 1.82) is 0 Å². The van der Waals surface area contributed by atoms with Gasteiger partial charge in [0, 0.05) is 23.0 Å². The van der Waals surface area contributed by atoms with E-state index in [4.69, 9.17) is 9.97 Å². The van der Waals surface area contributed by atoms with Crippen molar-refractivity contribution in [2.75, 3.05) is 0 Å². The van der Waals surface area contributed by atoms with Gasteiger partial charge in [-0.05, 0) is 148 Å². The summed E-state index contributed by atoms with van der Waals surface area (Å²) in [5.41, 5.74) is 19.8. The average molecular weight is 828 g/mol. The third-order valence-electron chi connectivity index (χ3n) is 12.2. The Bertz CT molecular complexity index is 3280. The summed E-state index contributed by atoms with van der Waals surface area (Å²) in [4.78, 5) is 10.5. The fourth-order valence-electron chi connectivity index (χ4n) is 9.11. The van der Waals surface area contributed by atoms with Crippen molar-refractivity contribution in [2.45, 2.75) is 34.1 Å². The van der Waals surface area contributed by atoms with Crippen molar-refractivity contribution in [1.82, 2.24) is 14.5 Å². The molecule has 64 heavy (non-hydrogen) atoms. The number of nitrogens with zero attached hydrogens (tertiary/aromatic N) is 3. The number of fused-ring (bicyclic) bond motifs is 1. The summed E-state index contributed by atoms with van der Waals surface area (Å²) in [6.07, 6.45) is 2.83. The molecule has 2 aromatic heterocycles. The lowest BCUT2D eigenvalue weighted by molar-refractivity contribution is 0.472. The van der Waals surface area contributed by atoms with E-state index in [1.54, 1.807) is 0 Å².